The lowest BCUT2D eigenvalue weighted by molar-refractivity contribution is -0.298. The number of carbonyl (C=O) groups excluding carboxylic acids is 1. The van der Waals surface area contributed by atoms with E-state index in [-0.39, 0.29) is 12.1 Å². The van der Waals surface area contributed by atoms with Crippen LogP contribution < -0.4 is 0 Å². The third kappa shape index (κ3) is 2.99. The zero-order chi connectivity index (χ0) is 15.0. The summed E-state index contributed by atoms with van der Waals surface area (Å²) >= 11 is 0. The first-order chi connectivity index (χ1) is 9.22. The summed E-state index contributed by atoms with van der Waals surface area (Å²) in [6.45, 7) is 7.53. The average molecular weight is 277 g/mol. The molecule has 5 nitrogen and oxygen atoms in total. The van der Waals surface area contributed by atoms with E-state index in [2.05, 4.69) is 4.98 Å². The number of rotatable bonds is 2. The molecule has 2 rings (SSSR count). The number of hydroxylamine groups is 2. The first kappa shape index (κ1) is 14.9. The van der Waals surface area contributed by atoms with E-state index in [1.807, 2.05) is 27.7 Å². The smallest absolute Gasteiger partial charge is 0.338 e. The van der Waals surface area contributed by atoms with Crippen LogP contribution in [0.15, 0.2) is 24.5 Å². The Labute approximate surface area is 119 Å². The van der Waals surface area contributed by atoms with Crippen molar-refractivity contribution in [2.24, 2.45) is 0 Å². The molecule has 0 saturated carbocycles. The van der Waals surface area contributed by atoms with E-state index < -0.39 is 11.1 Å². The summed E-state index contributed by atoms with van der Waals surface area (Å²) in [5.74, 6) is -0.358. The van der Waals surface area contributed by atoms with Crippen LogP contribution in [0.5, 0.6) is 0 Å². The standard InChI is InChI=1S/C15H21N2O3/c1-14(2)9-12(10-15(3,4)17(14)19)20-13(18)11-5-7-16-8-6-11/h5-8,12H,9-10H2,1-4H3. The van der Waals surface area contributed by atoms with E-state index in [9.17, 15) is 10.0 Å². The number of hydrogen-bond acceptors (Lipinski definition) is 4. The normalized spacial score (nSPS) is 22.4. The van der Waals surface area contributed by atoms with Crippen molar-refractivity contribution in [1.29, 1.82) is 0 Å². The summed E-state index contributed by atoms with van der Waals surface area (Å²) in [7, 11) is 0. The number of esters is 1. The summed E-state index contributed by atoms with van der Waals surface area (Å²) in [5.41, 5.74) is -0.587. The number of pyridine rings is 1. The van der Waals surface area contributed by atoms with Gasteiger partial charge in [-0.1, -0.05) is 0 Å². The van der Waals surface area contributed by atoms with Crippen LogP contribution in [0.2, 0.25) is 0 Å². The molecule has 1 aliphatic rings. The minimum atomic E-state index is -0.537. The summed E-state index contributed by atoms with van der Waals surface area (Å²) in [6.07, 6.45) is 3.95. The zero-order valence-electron chi connectivity index (χ0n) is 12.4. The predicted octanol–water partition coefficient (Wildman–Crippen LogP) is 2.61. The molecule has 0 spiro atoms. The summed E-state index contributed by atoms with van der Waals surface area (Å²) in [6, 6.07) is 3.25. The Morgan fingerprint density at radius 1 is 1.20 bits per heavy atom. The molecule has 0 atom stereocenters. The van der Waals surface area contributed by atoms with Crippen molar-refractivity contribution in [3.8, 4) is 0 Å². The molecule has 109 valence electrons. The van der Waals surface area contributed by atoms with E-state index in [1.54, 1.807) is 24.5 Å². The molecule has 2 heterocycles. The van der Waals surface area contributed by atoms with Crippen LogP contribution >= 0.6 is 0 Å². The van der Waals surface area contributed by atoms with Crippen LogP contribution in [0.1, 0.15) is 50.9 Å². The zero-order valence-corrected chi connectivity index (χ0v) is 12.4. The fourth-order valence-electron chi connectivity index (χ4n) is 2.96. The van der Waals surface area contributed by atoms with Gasteiger partial charge >= 0.3 is 5.97 Å². The average Bonchev–Trinajstić information content (AvgIpc) is 2.36. The van der Waals surface area contributed by atoms with Gasteiger partial charge in [-0.05, 0) is 39.8 Å². The van der Waals surface area contributed by atoms with Crippen LogP contribution in [0.25, 0.3) is 0 Å². The minimum absolute atomic E-state index is 0.245. The minimum Gasteiger partial charge on any atom is -0.459 e. The van der Waals surface area contributed by atoms with Gasteiger partial charge in [-0.2, -0.15) is 0 Å². The van der Waals surface area contributed by atoms with E-state index >= 15 is 0 Å². The lowest BCUT2D eigenvalue weighted by atomic mass is 9.80. The molecule has 0 aromatic carbocycles. The van der Waals surface area contributed by atoms with Crippen LogP contribution in [0.3, 0.4) is 0 Å². The second-order valence-electron chi connectivity index (χ2n) is 6.59. The molecule has 0 bridgehead atoms. The third-order valence-corrected chi connectivity index (χ3v) is 3.74. The van der Waals surface area contributed by atoms with Crippen molar-refractivity contribution in [2.45, 2.75) is 57.7 Å². The van der Waals surface area contributed by atoms with Crippen LogP contribution in [-0.4, -0.2) is 33.2 Å². The first-order valence-corrected chi connectivity index (χ1v) is 6.81. The van der Waals surface area contributed by atoms with Gasteiger partial charge in [0.15, 0.2) is 0 Å². The first-order valence-electron chi connectivity index (χ1n) is 6.81. The fraction of sp³-hybridized carbons (Fsp3) is 0.600. The Morgan fingerprint density at radius 3 is 2.20 bits per heavy atom. The molecular formula is C15H21N2O3. The Balaban J connectivity index is 2.09. The molecule has 1 saturated heterocycles. The van der Waals surface area contributed by atoms with Crippen molar-refractivity contribution < 1.29 is 14.7 Å². The van der Waals surface area contributed by atoms with Gasteiger partial charge < -0.3 is 4.74 Å². The van der Waals surface area contributed by atoms with Crippen molar-refractivity contribution in [2.75, 3.05) is 0 Å². The highest BCUT2D eigenvalue weighted by Crippen LogP contribution is 2.38. The lowest BCUT2D eigenvalue weighted by Gasteiger charge is -2.49. The van der Waals surface area contributed by atoms with Gasteiger partial charge in [-0.3, -0.25) is 4.98 Å². The van der Waals surface area contributed by atoms with Crippen molar-refractivity contribution in [3.63, 3.8) is 0 Å². The van der Waals surface area contributed by atoms with E-state index in [4.69, 9.17) is 4.74 Å². The van der Waals surface area contributed by atoms with Gasteiger partial charge in [0.1, 0.15) is 6.10 Å². The van der Waals surface area contributed by atoms with Gasteiger partial charge in [-0.15, -0.1) is 10.3 Å². The highest BCUT2D eigenvalue weighted by Gasteiger charge is 2.47. The molecule has 5 heteroatoms. The monoisotopic (exact) mass is 277 g/mol. The summed E-state index contributed by atoms with van der Waals surface area (Å²) in [5, 5.41) is 13.4. The molecule has 0 amide bonds. The van der Waals surface area contributed by atoms with E-state index in [0.29, 0.717) is 18.4 Å². The Morgan fingerprint density at radius 2 is 1.70 bits per heavy atom. The molecule has 0 unspecified atom stereocenters. The van der Waals surface area contributed by atoms with Crippen LogP contribution in [0.4, 0.5) is 0 Å². The van der Waals surface area contributed by atoms with E-state index in [0.717, 1.165) is 5.06 Å². The number of carbonyl (C=O) groups is 1. The van der Waals surface area contributed by atoms with Gasteiger partial charge in [0.25, 0.3) is 0 Å². The molecule has 0 aliphatic carbocycles. The van der Waals surface area contributed by atoms with Crippen molar-refractivity contribution in [3.05, 3.63) is 30.1 Å². The number of aromatic nitrogens is 1. The fourth-order valence-corrected chi connectivity index (χ4v) is 2.96. The van der Waals surface area contributed by atoms with Crippen LogP contribution in [0, 0.1) is 0 Å². The highest BCUT2D eigenvalue weighted by molar-refractivity contribution is 5.89. The predicted molar refractivity (Wildman–Crippen MR) is 73.4 cm³/mol. The molecule has 1 aromatic heterocycles. The molecule has 0 N–H and O–H groups in total. The lowest BCUT2D eigenvalue weighted by Crippen LogP contribution is -2.60. The number of piperidine rings is 1. The second kappa shape index (κ2) is 5.14. The molecule has 1 radical (unpaired) electrons. The van der Waals surface area contributed by atoms with Crippen LogP contribution in [-0.2, 0) is 9.94 Å². The van der Waals surface area contributed by atoms with Gasteiger partial charge in [-0.25, -0.2) is 4.79 Å². The molecule has 1 aliphatic heterocycles. The van der Waals surface area contributed by atoms with E-state index in [1.165, 1.54) is 0 Å². The largest absolute Gasteiger partial charge is 0.459 e. The Hall–Kier alpha value is -1.46. The second-order valence-corrected chi connectivity index (χ2v) is 6.59. The number of hydrogen-bond donors (Lipinski definition) is 0. The maximum atomic E-state index is 12.2. The topological polar surface area (TPSA) is 62.3 Å². The molecule has 1 aromatic rings. The number of ether oxygens (including phenoxy) is 1. The van der Waals surface area contributed by atoms with Gasteiger partial charge in [0.2, 0.25) is 0 Å². The highest BCUT2D eigenvalue weighted by atomic mass is 16.5. The molecule has 20 heavy (non-hydrogen) atoms. The van der Waals surface area contributed by atoms with Crippen molar-refractivity contribution in [1.82, 2.24) is 10.0 Å². The third-order valence-electron chi connectivity index (χ3n) is 3.74. The Kier molecular flexibility index (Phi) is 3.84. The van der Waals surface area contributed by atoms with Crippen molar-refractivity contribution >= 4 is 5.97 Å². The molecular weight excluding hydrogens is 256 g/mol. The maximum Gasteiger partial charge on any atom is 0.338 e. The van der Waals surface area contributed by atoms with Gasteiger partial charge in [0.05, 0.1) is 5.56 Å². The summed E-state index contributed by atoms with van der Waals surface area (Å²) in [4.78, 5) is 15.9. The maximum absolute atomic E-state index is 12.2. The SMILES string of the molecule is CC1(C)CC(OC(=O)c2ccncc2)CC(C)(C)N1[O]. The quantitative estimate of drug-likeness (QED) is 0.779. The summed E-state index contributed by atoms with van der Waals surface area (Å²) < 4.78 is 5.56. The Bertz CT molecular complexity index is 467. The number of nitrogens with zero attached hydrogens (tertiary/aromatic N) is 2. The van der Waals surface area contributed by atoms with Gasteiger partial charge in [0, 0.05) is 36.3 Å². The molecule has 1 fully saturated rings.